The van der Waals surface area contributed by atoms with Gasteiger partial charge in [0.2, 0.25) is 0 Å². The number of rotatable bonds is 8. The number of hydrogen-bond acceptors (Lipinski definition) is 3. The fraction of sp³-hybridized carbons (Fsp3) is 0.684. The average Bonchev–Trinajstić information content (AvgIpc) is 2.54. The number of benzene rings is 1. The number of hydrogen-bond donors (Lipinski definition) is 1. The number of nitrogens with zero attached hydrogens (tertiary/aromatic N) is 2. The zero-order valence-electron chi connectivity index (χ0n) is 14.5. The van der Waals surface area contributed by atoms with Crippen molar-refractivity contribution < 1.29 is 5.11 Å². The lowest BCUT2D eigenvalue weighted by Crippen LogP contribution is -2.27. The molecule has 124 valence electrons. The number of fused-ring (bicyclic) bond motifs is 1. The van der Waals surface area contributed by atoms with E-state index in [0.29, 0.717) is 0 Å². The van der Waals surface area contributed by atoms with E-state index in [0.717, 1.165) is 44.6 Å². The van der Waals surface area contributed by atoms with Gasteiger partial charge in [-0.3, -0.25) is 0 Å². The van der Waals surface area contributed by atoms with E-state index in [9.17, 15) is 5.11 Å². The van der Waals surface area contributed by atoms with Crippen LogP contribution in [0.5, 0.6) is 0 Å². The summed E-state index contributed by atoms with van der Waals surface area (Å²) in [5, 5.41) is 10.5. The Bertz CT molecular complexity index is 461. The molecule has 2 rings (SSSR count). The molecule has 1 aromatic carbocycles. The third kappa shape index (κ3) is 4.47. The van der Waals surface area contributed by atoms with E-state index >= 15 is 0 Å². The first-order valence-electron chi connectivity index (χ1n) is 8.90. The summed E-state index contributed by atoms with van der Waals surface area (Å²) in [5.74, 6) is 0. The molecule has 0 aliphatic carbocycles. The molecule has 0 fully saturated rings. The SMILES string of the molecule is CCCCN(CC)CCC(O)c1ccc2c(c1)CCCN2C. The second-order valence-electron chi connectivity index (χ2n) is 6.51. The monoisotopic (exact) mass is 304 g/mol. The number of anilines is 1. The molecule has 0 saturated carbocycles. The van der Waals surface area contributed by atoms with Gasteiger partial charge in [-0.1, -0.05) is 32.4 Å². The zero-order chi connectivity index (χ0) is 15.9. The van der Waals surface area contributed by atoms with Gasteiger partial charge >= 0.3 is 0 Å². The van der Waals surface area contributed by atoms with Crippen molar-refractivity contribution in [1.29, 1.82) is 0 Å². The van der Waals surface area contributed by atoms with Crippen LogP contribution in [0.15, 0.2) is 18.2 Å². The summed E-state index contributed by atoms with van der Waals surface area (Å²) < 4.78 is 0. The highest BCUT2D eigenvalue weighted by Gasteiger charge is 2.16. The van der Waals surface area contributed by atoms with E-state index < -0.39 is 0 Å². The third-order valence-electron chi connectivity index (χ3n) is 4.83. The van der Waals surface area contributed by atoms with Gasteiger partial charge in [0.1, 0.15) is 0 Å². The molecule has 0 aromatic heterocycles. The molecule has 1 aromatic rings. The van der Waals surface area contributed by atoms with Crippen LogP contribution in [0.3, 0.4) is 0 Å². The number of aryl methyl sites for hydroxylation is 1. The molecule has 0 saturated heterocycles. The van der Waals surface area contributed by atoms with E-state index in [-0.39, 0.29) is 6.10 Å². The summed E-state index contributed by atoms with van der Waals surface area (Å²) in [5.41, 5.74) is 3.81. The maximum absolute atomic E-state index is 10.5. The molecule has 0 spiro atoms. The normalized spacial score (nSPS) is 16.0. The van der Waals surface area contributed by atoms with Crippen molar-refractivity contribution in [2.75, 3.05) is 38.1 Å². The minimum Gasteiger partial charge on any atom is -0.388 e. The van der Waals surface area contributed by atoms with Gasteiger partial charge < -0.3 is 14.9 Å². The molecular formula is C19H32N2O. The van der Waals surface area contributed by atoms with Gasteiger partial charge in [-0.15, -0.1) is 0 Å². The van der Waals surface area contributed by atoms with Gasteiger partial charge in [0.05, 0.1) is 6.10 Å². The molecule has 22 heavy (non-hydrogen) atoms. The maximum Gasteiger partial charge on any atom is 0.0802 e. The minimum atomic E-state index is -0.340. The summed E-state index contributed by atoms with van der Waals surface area (Å²) in [4.78, 5) is 4.76. The van der Waals surface area contributed by atoms with Crippen molar-refractivity contribution in [1.82, 2.24) is 4.90 Å². The van der Waals surface area contributed by atoms with E-state index in [1.807, 2.05) is 0 Å². The fourth-order valence-electron chi connectivity index (χ4n) is 3.29. The summed E-state index contributed by atoms with van der Waals surface area (Å²) in [7, 11) is 2.15. The first-order valence-corrected chi connectivity index (χ1v) is 8.90. The van der Waals surface area contributed by atoms with Crippen LogP contribution in [0.4, 0.5) is 5.69 Å². The lowest BCUT2D eigenvalue weighted by Gasteiger charge is -2.28. The van der Waals surface area contributed by atoms with Gasteiger partial charge in [0.25, 0.3) is 0 Å². The Labute approximate surface area is 135 Å². The molecule has 0 bridgehead atoms. The second-order valence-corrected chi connectivity index (χ2v) is 6.51. The van der Waals surface area contributed by atoms with E-state index in [1.54, 1.807) is 0 Å². The number of unbranched alkanes of at least 4 members (excludes halogenated alkanes) is 1. The Hall–Kier alpha value is -1.06. The Balaban J connectivity index is 1.93. The molecule has 0 amide bonds. The summed E-state index contributed by atoms with van der Waals surface area (Å²) >= 11 is 0. The molecule has 1 unspecified atom stereocenters. The molecule has 3 heteroatoms. The van der Waals surface area contributed by atoms with Crippen molar-refractivity contribution in [3.05, 3.63) is 29.3 Å². The van der Waals surface area contributed by atoms with Gasteiger partial charge in [-0.25, -0.2) is 0 Å². The first-order chi connectivity index (χ1) is 10.7. The Morgan fingerprint density at radius 2 is 2.09 bits per heavy atom. The highest BCUT2D eigenvalue weighted by molar-refractivity contribution is 5.56. The molecule has 0 radical (unpaired) electrons. The Morgan fingerprint density at radius 1 is 1.27 bits per heavy atom. The predicted octanol–water partition coefficient (Wildman–Crippen LogP) is 3.61. The number of aliphatic hydroxyl groups is 1. The quantitative estimate of drug-likeness (QED) is 0.794. The van der Waals surface area contributed by atoms with Crippen LogP contribution < -0.4 is 4.90 Å². The van der Waals surface area contributed by atoms with Crippen molar-refractivity contribution in [3.63, 3.8) is 0 Å². The van der Waals surface area contributed by atoms with Crippen molar-refractivity contribution in [3.8, 4) is 0 Å². The lowest BCUT2D eigenvalue weighted by atomic mass is 9.96. The first kappa shape index (κ1) is 17.3. The summed E-state index contributed by atoms with van der Waals surface area (Å²) in [6.07, 6.45) is 5.31. The highest BCUT2D eigenvalue weighted by atomic mass is 16.3. The van der Waals surface area contributed by atoms with Crippen LogP contribution >= 0.6 is 0 Å². The van der Waals surface area contributed by atoms with Crippen LogP contribution in [-0.4, -0.2) is 43.2 Å². The minimum absolute atomic E-state index is 0.340. The standard InChI is InChI=1S/C19H32N2O/c1-4-6-13-21(5-2)14-11-19(22)17-9-10-18-16(15-17)8-7-12-20(18)3/h9-10,15,19,22H,4-8,11-14H2,1-3H3. The molecule has 1 N–H and O–H groups in total. The van der Waals surface area contributed by atoms with Crippen LogP contribution in [0.2, 0.25) is 0 Å². The molecule has 1 heterocycles. The van der Waals surface area contributed by atoms with Gasteiger partial charge in [-0.05, 0) is 56.0 Å². The van der Waals surface area contributed by atoms with Gasteiger partial charge in [-0.2, -0.15) is 0 Å². The molecule has 1 atom stereocenters. The van der Waals surface area contributed by atoms with Crippen molar-refractivity contribution in [2.45, 2.75) is 52.1 Å². The van der Waals surface area contributed by atoms with Gasteiger partial charge in [0, 0.05) is 25.8 Å². The fourth-order valence-corrected chi connectivity index (χ4v) is 3.29. The summed E-state index contributed by atoms with van der Waals surface area (Å²) in [6.45, 7) is 8.77. The van der Waals surface area contributed by atoms with Crippen LogP contribution in [0, 0.1) is 0 Å². The topological polar surface area (TPSA) is 26.7 Å². The maximum atomic E-state index is 10.5. The molecule has 3 nitrogen and oxygen atoms in total. The third-order valence-corrected chi connectivity index (χ3v) is 4.83. The lowest BCUT2D eigenvalue weighted by molar-refractivity contribution is 0.143. The summed E-state index contributed by atoms with van der Waals surface area (Å²) in [6, 6.07) is 6.51. The van der Waals surface area contributed by atoms with E-state index in [1.165, 1.54) is 30.5 Å². The number of aliphatic hydroxyl groups excluding tert-OH is 1. The van der Waals surface area contributed by atoms with Crippen LogP contribution in [0.25, 0.3) is 0 Å². The van der Waals surface area contributed by atoms with Crippen LogP contribution in [-0.2, 0) is 6.42 Å². The smallest absolute Gasteiger partial charge is 0.0802 e. The predicted molar refractivity (Wildman–Crippen MR) is 94.6 cm³/mol. The van der Waals surface area contributed by atoms with Crippen LogP contribution in [0.1, 0.15) is 56.8 Å². The Kier molecular flexibility index (Phi) is 6.71. The highest BCUT2D eigenvalue weighted by Crippen LogP contribution is 2.29. The largest absolute Gasteiger partial charge is 0.388 e. The second kappa shape index (κ2) is 8.54. The van der Waals surface area contributed by atoms with E-state index in [2.05, 4.69) is 48.9 Å². The molecular weight excluding hydrogens is 272 g/mol. The molecule has 1 aliphatic rings. The van der Waals surface area contributed by atoms with Gasteiger partial charge in [0.15, 0.2) is 0 Å². The molecule has 1 aliphatic heterocycles. The average molecular weight is 304 g/mol. The zero-order valence-corrected chi connectivity index (χ0v) is 14.5. The van der Waals surface area contributed by atoms with Crippen molar-refractivity contribution >= 4 is 5.69 Å². The Morgan fingerprint density at radius 3 is 2.82 bits per heavy atom. The van der Waals surface area contributed by atoms with E-state index in [4.69, 9.17) is 0 Å². The van der Waals surface area contributed by atoms with Crippen molar-refractivity contribution in [2.24, 2.45) is 0 Å².